The summed E-state index contributed by atoms with van der Waals surface area (Å²) in [7, 11) is 1.74. The van der Waals surface area contributed by atoms with Crippen molar-refractivity contribution in [3.05, 3.63) is 35.9 Å². The maximum Gasteiger partial charge on any atom is 0.282 e. The Kier molecular flexibility index (Phi) is 3.98. The molecule has 1 aliphatic rings. The fourth-order valence-corrected chi connectivity index (χ4v) is 2.02. The van der Waals surface area contributed by atoms with Crippen LogP contribution in [0.25, 0.3) is 0 Å². The second-order valence-corrected chi connectivity index (χ2v) is 4.14. The van der Waals surface area contributed by atoms with Gasteiger partial charge < -0.3 is 15.2 Å². The van der Waals surface area contributed by atoms with Crippen LogP contribution in [-0.2, 0) is 9.47 Å². The van der Waals surface area contributed by atoms with E-state index in [0.29, 0.717) is 12.6 Å². The lowest BCUT2D eigenvalue weighted by Gasteiger charge is -2.16. The highest BCUT2D eigenvalue weighted by Gasteiger charge is 2.19. The zero-order chi connectivity index (χ0) is 12.1. The van der Waals surface area contributed by atoms with Crippen LogP contribution in [-0.4, -0.2) is 25.8 Å². The first kappa shape index (κ1) is 11.9. The molecule has 17 heavy (non-hydrogen) atoms. The fraction of sp³-hybridized carbons (Fsp3) is 0.462. The van der Waals surface area contributed by atoms with Crippen LogP contribution < -0.4 is 5.73 Å². The predicted molar refractivity (Wildman–Crippen MR) is 66.8 cm³/mol. The molecular formula is C13H18N2O2. The lowest BCUT2D eigenvalue weighted by Crippen LogP contribution is -2.11. The van der Waals surface area contributed by atoms with Gasteiger partial charge in [0.05, 0.1) is 12.1 Å². The molecule has 0 bridgehead atoms. The molecule has 1 unspecified atom stereocenters. The van der Waals surface area contributed by atoms with Gasteiger partial charge in [-0.2, -0.15) is 0 Å². The maximum atomic E-state index is 5.50. The van der Waals surface area contributed by atoms with Crippen molar-refractivity contribution >= 4 is 6.02 Å². The van der Waals surface area contributed by atoms with Crippen LogP contribution >= 0.6 is 0 Å². The zero-order valence-electron chi connectivity index (χ0n) is 10.0. The van der Waals surface area contributed by atoms with Crippen LogP contribution in [0, 0.1) is 0 Å². The molecule has 0 aliphatic carbocycles. The highest BCUT2D eigenvalue weighted by atomic mass is 16.5. The first-order chi connectivity index (χ1) is 8.29. The van der Waals surface area contributed by atoms with Crippen molar-refractivity contribution in [1.29, 1.82) is 0 Å². The summed E-state index contributed by atoms with van der Waals surface area (Å²) in [6, 6.07) is 10.7. The molecule has 92 valence electrons. The number of hydrogen-bond acceptors (Lipinski definition) is 4. The minimum absolute atomic E-state index is 0.119. The number of aliphatic imine (C=N–C) groups is 1. The van der Waals surface area contributed by atoms with Crippen molar-refractivity contribution in [1.82, 2.24) is 0 Å². The predicted octanol–water partition coefficient (Wildman–Crippen LogP) is 1.87. The molecule has 1 aromatic carbocycles. The third-order valence-corrected chi connectivity index (χ3v) is 2.95. The summed E-state index contributed by atoms with van der Waals surface area (Å²) in [6.45, 7) is 0.594. The summed E-state index contributed by atoms with van der Waals surface area (Å²) in [5.41, 5.74) is 6.67. The van der Waals surface area contributed by atoms with E-state index < -0.39 is 0 Å². The smallest absolute Gasteiger partial charge is 0.282 e. The highest BCUT2D eigenvalue weighted by molar-refractivity contribution is 5.72. The van der Waals surface area contributed by atoms with Crippen molar-refractivity contribution in [3.8, 4) is 0 Å². The third kappa shape index (κ3) is 3.20. The lowest BCUT2D eigenvalue weighted by atomic mass is 10.0. The van der Waals surface area contributed by atoms with Crippen molar-refractivity contribution in [2.45, 2.75) is 25.0 Å². The Morgan fingerprint density at radius 2 is 2.24 bits per heavy atom. The van der Waals surface area contributed by atoms with Crippen LogP contribution in [0.4, 0.5) is 0 Å². The summed E-state index contributed by atoms with van der Waals surface area (Å²) in [4.78, 5) is 4.21. The monoisotopic (exact) mass is 234 g/mol. The quantitative estimate of drug-likeness (QED) is 0.846. The van der Waals surface area contributed by atoms with Gasteiger partial charge >= 0.3 is 0 Å². The Morgan fingerprint density at radius 1 is 1.47 bits per heavy atom. The van der Waals surface area contributed by atoms with E-state index in [9.17, 15) is 0 Å². The minimum atomic E-state index is 0.119. The SMILES string of the molecule is COC(CC[C@H]1COC(N)=N1)c1ccccc1. The molecule has 1 aromatic rings. The summed E-state index contributed by atoms with van der Waals surface area (Å²) in [5, 5.41) is 0. The highest BCUT2D eigenvalue weighted by Crippen LogP contribution is 2.23. The van der Waals surface area contributed by atoms with E-state index in [4.69, 9.17) is 15.2 Å². The first-order valence-electron chi connectivity index (χ1n) is 5.83. The lowest BCUT2D eigenvalue weighted by molar-refractivity contribution is 0.0911. The number of amidine groups is 1. The molecular weight excluding hydrogens is 216 g/mol. The Morgan fingerprint density at radius 3 is 2.82 bits per heavy atom. The third-order valence-electron chi connectivity index (χ3n) is 2.95. The van der Waals surface area contributed by atoms with Crippen molar-refractivity contribution in [2.24, 2.45) is 10.7 Å². The number of methoxy groups -OCH3 is 1. The number of nitrogens with zero attached hydrogens (tertiary/aromatic N) is 1. The number of nitrogens with two attached hydrogens (primary N) is 1. The largest absolute Gasteiger partial charge is 0.463 e. The molecule has 0 aromatic heterocycles. The average Bonchev–Trinajstić information content (AvgIpc) is 2.77. The normalized spacial score (nSPS) is 20.8. The number of rotatable bonds is 5. The van der Waals surface area contributed by atoms with Crippen LogP contribution in [0.2, 0.25) is 0 Å². The standard InChI is InChI=1S/C13H18N2O2/c1-16-12(10-5-3-2-4-6-10)8-7-11-9-17-13(14)15-11/h2-6,11-12H,7-9H2,1H3,(H2,14,15)/t11-,12?/m0/s1. The zero-order valence-corrected chi connectivity index (χ0v) is 10.0. The number of ether oxygens (including phenoxy) is 2. The summed E-state index contributed by atoms with van der Waals surface area (Å²) < 4.78 is 10.6. The van der Waals surface area contributed by atoms with Gasteiger partial charge in [-0.1, -0.05) is 30.3 Å². The van der Waals surface area contributed by atoms with Gasteiger partial charge in [-0.15, -0.1) is 0 Å². The van der Waals surface area contributed by atoms with Crippen LogP contribution in [0.5, 0.6) is 0 Å². The molecule has 0 saturated carbocycles. The Labute approximate surface area is 101 Å². The van der Waals surface area contributed by atoms with Gasteiger partial charge in [-0.3, -0.25) is 0 Å². The van der Waals surface area contributed by atoms with E-state index in [1.54, 1.807) is 7.11 Å². The van der Waals surface area contributed by atoms with E-state index >= 15 is 0 Å². The topological polar surface area (TPSA) is 56.8 Å². The van der Waals surface area contributed by atoms with E-state index in [1.165, 1.54) is 5.56 Å². The molecule has 2 rings (SSSR count). The van der Waals surface area contributed by atoms with Gasteiger partial charge in [-0.25, -0.2) is 4.99 Å². The van der Waals surface area contributed by atoms with Crippen LogP contribution in [0.15, 0.2) is 35.3 Å². The molecule has 0 saturated heterocycles. The van der Waals surface area contributed by atoms with E-state index in [2.05, 4.69) is 17.1 Å². The van der Waals surface area contributed by atoms with Gasteiger partial charge in [0.25, 0.3) is 6.02 Å². The molecule has 0 radical (unpaired) electrons. The molecule has 2 atom stereocenters. The van der Waals surface area contributed by atoms with Crippen molar-refractivity contribution < 1.29 is 9.47 Å². The summed E-state index contributed by atoms with van der Waals surface area (Å²) >= 11 is 0. The van der Waals surface area contributed by atoms with Gasteiger partial charge in [-0.05, 0) is 18.4 Å². The van der Waals surface area contributed by atoms with E-state index in [-0.39, 0.29) is 12.1 Å². The summed E-state index contributed by atoms with van der Waals surface area (Å²) in [5.74, 6) is 0. The number of benzene rings is 1. The molecule has 0 amide bonds. The molecule has 1 heterocycles. The minimum Gasteiger partial charge on any atom is -0.463 e. The van der Waals surface area contributed by atoms with E-state index in [0.717, 1.165) is 12.8 Å². The molecule has 0 fully saturated rings. The molecule has 4 heteroatoms. The first-order valence-corrected chi connectivity index (χ1v) is 5.83. The number of hydrogen-bond donors (Lipinski definition) is 1. The molecule has 1 aliphatic heterocycles. The molecule has 4 nitrogen and oxygen atoms in total. The van der Waals surface area contributed by atoms with Gasteiger partial charge in [0.15, 0.2) is 0 Å². The van der Waals surface area contributed by atoms with Crippen molar-refractivity contribution in [2.75, 3.05) is 13.7 Å². The Hall–Kier alpha value is -1.55. The fourth-order valence-electron chi connectivity index (χ4n) is 2.02. The van der Waals surface area contributed by atoms with Crippen LogP contribution in [0.1, 0.15) is 24.5 Å². The van der Waals surface area contributed by atoms with Crippen molar-refractivity contribution in [3.63, 3.8) is 0 Å². The van der Waals surface area contributed by atoms with E-state index in [1.807, 2.05) is 18.2 Å². The van der Waals surface area contributed by atoms with Gasteiger partial charge in [0.2, 0.25) is 0 Å². The summed E-state index contributed by atoms with van der Waals surface area (Å²) in [6.07, 6.45) is 1.97. The average molecular weight is 234 g/mol. The Bertz CT molecular complexity index is 378. The van der Waals surface area contributed by atoms with Gasteiger partial charge in [0.1, 0.15) is 6.61 Å². The maximum absolute atomic E-state index is 5.50. The van der Waals surface area contributed by atoms with Crippen LogP contribution in [0.3, 0.4) is 0 Å². The second-order valence-electron chi connectivity index (χ2n) is 4.14. The molecule has 0 spiro atoms. The molecule has 2 N–H and O–H groups in total. The Balaban J connectivity index is 1.88. The second kappa shape index (κ2) is 5.68. The van der Waals surface area contributed by atoms with Gasteiger partial charge in [0, 0.05) is 7.11 Å².